The fourth-order valence-electron chi connectivity index (χ4n) is 3.07. The summed E-state index contributed by atoms with van der Waals surface area (Å²) in [4.78, 5) is 0. The smallest absolute Gasteiger partial charge is 0.184 e. The van der Waals surface area contributed by atoms with Crippen LogP contribution in [-0.2, 0) is 6.54 Å². The van der Waals surface area contributed by atoms with Crippen LogP contribution in [0.1, 0.15) is 38.5 Å². The van der Waals surface area contributed by atoms with Crippen molar-refractivity contribution < 1.29 is 0 Å². The number of aromatic nitrogens is 4. The fraction of sp³-hybridized carbons (Fsp3) is 0.533. The van der Waals surface area contributed by atoms with Gasteiger partial charge in [0.2, 0.25) is 0 Å². The maximum atomic E-state index is 6.03. The number of nitrogens with zero attached hydrogens (tertiary/aromatic N) is 4. The predicted molar refractivity (Wildman–Crippen MR) is 83.9 cm³/mol. The van der Waals surface area contributed by atoms with Crippen molar-refractivity contribution >= 4 is 17.3 Å². The molecule has 3 rings (SSSR count). The lowest BCUT2D eigenvalue weighted by atomic mass is 9.87. The second kappa shape index (κ2) is 6.43. The highest BCUT2D eigenvalue weighted by Crippen LogP contribution is 2.29. The highest BCUT2D eigenvalue weighted by molar-refractivity contribution is 6.31. The highest BCUT2D eigenvalue weighted by Gasteiger charge is 2.16. The quantitative estimate of drug-likeness (QED) is 0.877. The van der Waals surface area contributed by atoms with E-state index >= 15 is 0 Å². The molecular weight excluding hydrogens is 286 g/mol. The Labute approximate surface area is 129 Å². The molecular formula is C15H20ClN5. The summed E-state index contributed by atoms with van der Waals surface area (Å²) < 4.78 is 1.86. The molecule has 1 heterocycles. The first-order chi connectivity index (χ1) is 10.2. The van der Waals surface area contributed by atoms with E-state index in [4.69, 9.17) is 17.3 Å². The molecule has 0 aliphatic heterocycles. The molecule has 0 atom stereocenters. The molecule has 0 radical (unpaired) electrons. The van der Waals surface area contributed by atoms with Gasteiger partial charge in [-0.2, -0.15) is 0 Å². The van der Waals surface area contributed by atoms with E-state index in [-0.39, 0.29) is 0 Å². The van der Waals surface area contributed by atoms with Gasteiger partial charge in [-0.05, 0) is 41.0 Å². The van der Waals surface area contributed by atoms with Gasteiger partial charge in [-0.3, -0.25) is 0 Å². The first-order valence-electron chi connectivity index (χ1n) is 7.55. The minimum Gasteiger partial charge on any atom is -0.398 e. The molecule has 21 heavy (non-hydrogen) atoms. The third-order valence-corrected chi connectivity index (χ3v) is 4.50. The van der Waals surface area contributed by atoms with Gasteiger partial charge < -0.3 is 5.73 Å². The monoisotopic (exact) mass is 305 g/mol. The SMILES string of the molecule is Nc1cc(Cl)ccc1-c1nnnn1CCC1CCCCC1. The van der Waals surface area contributed by atoms with Gasteiger partial charge >= 0.3 is 0 Å². The summed E-state index contributed by atoms with van der Waals surface area (Å²) in [6, 6.07) is 5.42. The number of hydrogen-bond donors (Lipinski definition) is 1. The maximum absolute atomic E-state index is 6.03. The van der Waals surface area contributed by atoms with Gasteiger partial charge in [0.25, 0.3) is 0 Å². The van der Waals surface area contributed by atoms with Gasteiger partial charge in [0.1, 0.15) is 0 Å². The lowest BCUT2D eigenvalue weighted by molar-refractivity contribution is 0.318. The van der Waals surface area contributed by atoms with Gasteiger partial charge in [-0.25, -0.2) is 4.68 Å². The van der Waals surface area contributed by atoms with E-state index in [0.29, 0.717) is 10.7 Å². The van der Waals surface area contributed by atoms with Crippen molar-refractivity contribution in [3.8, 4) is 11.4 Å². The molecule has 1 fully saturated rings. The average molecular weight is 306 g/mol. The zero-order valence-electron chi connectivity index (χ0n) is 12.0. The van der Waals surface area contributed by atoms with Crippen LogP contribution in [0.4, 0.5) is 5.69 Å². The molecule has 1 aromatic heterocycles. The van der Waals surface area contributed by atoms with E-state index < -0.39 is 0 Å². The topological polar surface area (TPSA) is 69.6 Å². The molecule has 2 aromatic rings. The Balaban J connectivity index is 1.74. The standard InChI is InChI=1S/C15H20ClN5/c16-12-6-7-13(14(17)10-12)15-18-19-20-21(15)9-8-11-4-2-1-3-5-11/h6-7,10-11H,1-5,8-9,17H2. The van der Waals surface area contributed by atoms with Crippen LogP contribution in [0, 0.1) is 5.92 Å². The molecule has 0 amide bonds. The number of anilines is 1. The predicted octanol–water partition coefficient (Wildman–Crippen LogP) is 3.55. The number of nitrogen functional groups attached to an aromatic ring is 1. The Bertz CT molecular complexity index is 604. The first kappa shape index (κ1) is 14.3. The van der Waals surface area contributed by atoms with Crippen molar-refractivity contribution in [1.82, 2.24) is 20.2 Å². The molecule has 112 valence electrons. The van der Waals surface area contributed by atoms with Crippen LogP contribution in [-0.4, -0.2) is 20.2 Å². The third kappa shape index (κ3) is 3.35. The minimum atomic E-state index is 0.608. The second-order valence-corrected chi connectivity index (χ2v) is 6.19. The van der Waals surface area contributed by atoms with Gasteiger partial charge in [-0.1, -0.05) is 43.7 Å². The lowest BCUT2D eigenvalue weighted by Gasteiger charge is -2.21. The summed E-state index contributed by atoms with van der Waals surface area (Å²) >= 11 is 5.94. The zero-order valence-corrected chi connectivity index (χ0v) is 12.8. The summed E-state index contributed by atoms with van der Waals surface area (Å²) in [6.07, 6.45) is 7.90. The fourth-order valence-corrected chi connectivity index (χ4v) is 3.25. The number of aryl methyl sites for hydroxylation is 1. The van der Waals surface area contributed by atoms with Gasteiger partial charge in [-0.15, -0.1) is 5.10 Å². The number of hydrogen-bond acceptors (Lipinski definition) is 4. The highest BCUT2D eigenvalue weighted by atomic mass is 35.5. The molecule has 5 nitrogen and oxygen atoms in total. The van der Waals surface area contributed by atoms with Crippen molar-refractivity contribution in [3.05, 3.63) is 23.2 Å². The Kier molecular flexibility index (Phi) is 4.39. The molecule has 2 N–H and O–H groups in total. The summed E-state index contributed by atoms with van der Waals surface area (Å²) in [5, 5.41) is 12.6. The van der Waals surface area contributed by atoms with E-state index in [1.165, 1.54) is 32.1 Å². The number of rotatable bonds is 4. The zero-order chi connectivity index (χ0) is 14.7. The van der Waals surface area contributed by atoms with Crippen molar-refractivity contribution in [2.75, 3.05) is 5.73 Å². The van der Waals surface area contributed by atoms with Gasteiger partial charge in [0.15, 0.2) is 5.82 Å². The number of benzene rings is 1. The molecule has 1 aromatic carbocycles. The Morgan fingerprint density at radius 2 is 2.05 bits per heavy atom. The summed E-state index contributed by atoms with van der Waals surface area (Å²) in [7, 11) is 0. The maximum Gasteiger partial charge on any atom is 0.184 e. The van der Waals surface area contributed by atoms with Gasteiger partial charge in [0, 0.05) is 22.8 Å². The van der Waals surface area contributed by atoms with E-state index in [2.05, 4.69) is 15.5 Å². The van der Waals surface area contributed by atoms with Crippen molar-refractivity contribution in [1.29, 1.82) is 0 Å². The van der Waals surface area contributed by atoms with Crippen molar-refractivity contribution in [3.63, 3.8) is 0 Å². The Morgan fingerprint density at radius 1 is 1.24 bits per heavy atom. The lowest BCUT2D eigenvalue weighted by Crippen LogP contribution is -2.12. The molecule has 0 saturated heterocycles. The van der Waals surface area contributed by atoms with Crippen LogP contribution in [0.2, 0.25) is 5.02 Å². The normalized spacial score (nSPS) is 16.2. The van der Waals surface area contributed by atoms with Crippen LogP contribution in [0.3, 0.4) is 0 Å². The molecule has 0 unspecified atom stereocenters. The van der Waals surface area contributed by atoms with Crippen LogP contribution >= 0.6 is 11.6 Å². The summed E-state index contributed by atoms with van der Waals surface area (Å²) in [6.45, 7) is 0.842. The first-order valence-corrected chi connectivity index (χ1v) is 7.93. The molecule has 1 aliphatic rings. The van der Waals surface area contributed by atoms with Crippen molar-refractivity contribution in [2.24, 2.45) is 5.92 Å². The van der Waals surface area contributed by atoms with E-state index in [1.54, 1.807) is 6.07 Å². The van der Waals surface area contributed by atoms with Gasteiger partial charge in [0.05, 0.1) is 0 Å². The second-order valence-electron chi connectivity index (χ2n) is 5.75. The summed E-state index contributed by atoms with van der Waals surface area (Å²) in [5.74, 6) is 1.53. The molecule has 0 bridgehead atoms. The minimum absolute atomic E-state index is 0.608. The van der Waals surface area contributed by atoms with Crippen LogP contribution in [0.5, 0.6) is 0 Å². The van der Waals surface area contributed by atoms with Crippen molar-refractivity contribution in [2.45, 2.75) is 45.1 Å². The Morgan fingerprint density at radius 3 is 2.81 bits per heavy atom. The molecule has 1 saturated carbocycles. The molecule has 6 heteroatoms. The van der Waals surface area contributed by atoms with E-state index in [1.807, 2.05) is 16.8 Å². The molecule has 1 aliphatic carbocycles. The van der Waals surface area contributed by atoms with Crippen LogP contribution < -0.4 is 5.73 Å². The van der Waals surface area contributed by atoms with Crippen LogP contribution in [0.15, 0.2) is 18.2 Å². The number of nitrogens with two attached hydrogens (primary N) is 1. The van der Waals surface area contributed by atoms with E-state index in [9.17, 15) is 0 Å². The third-order valence-electron chi connectivity index (χ3n) is 4.26. The Hall–Kier alpha value is -1.62. The largest absolute Gasteiger partial charge is 0.398 e. The van der Waals surface area contributed by atoms with Crippen LogP contribution in [0.25, 0.3) is 11.4 Å². The average Bonchev–Trinajstić information content (AvgIpc) is 2.94. The number of halogens is 1. The molecule has 0 spiro atoms. The summed E-state index contributed by atoms with van der Waals surface area (Å²) in [5.41, 5.74) is 7.48. The number of tetrazole rings is 1. The van der Waals surface area contributed by atoms with E-state index in [0.717, 1.165) is 30.3 Å².